The zero-order valence-electron chi connectivity index (χ0n) is 26.4. The lowest BCUT2D eigenvalue weighted by molar-refractivity contribution is -0.150. The fourth-order valence-corrected chi connectivity index (χ4v) is 5.61. The molecule has 0 saturated carbocycles. The van der Waals surface area contributed by atoms with Crippen molar-refractivity contribution in [1.82, 2.24) is 19.2 Å². The number of carbonyl (C=O) groups is 2. The standard InChI is InChI=1S/C35H46N4O5/c1-4-5-6-7-8-9-10-14-22-44-34(42)29-18-15-21-37(25-29)32(40)31-33(41)38(24-28-16-12-11-13-17-28)35(43)39(36-31)30-20-19-26(2)27(3)23-30/h11-13,16-17,19-20,23,29H,4-10,14-15,18,21-22,24-25H2,1-3H3. The van der Waals surface area contributed by atoms with Gasteiger partial charge >= 0.3 is 11.7 Å². The van der Waals surface area contributed by atoms with Crippen LogP contribution in [0.2, 0.25) is 0 Å². The van der Waals surface area contributed by atoms with E-state index in [0.29, 0.717) is 31.7 Å². The summed E-state index contributed by atoms with van der Waals surface area (Å²) < 4.78 is 7.77. The third-order valence-electron chi connectivity index (χ3n) is 8.47. The largest absolute Gasteiger partial charge is 0.465 e. The zero-order chi connectivity index (χ0) is 31.5. The summed E-state index contributed by atoms with van der Waals surface area (Å²) in [5.74, 6) is -1.35. The number of unbranched alkanes of at least 4 members (excludes halogenated alkanes) is 7. The van der Waals surface area contributed by atoms with Crippen LogP contribution in [0.15, 0.2) is 58.1 Å². The molecule has 1 aliphatic rings. The second kappa shape index (κ2) is 16.2. The molecule has 1 aromatic heterocycles. The van der Waals surface area contributed by atoms with Crippen LogP contribution in [0.3, 0.4) is 0 Å². The SMILES string of the molecule is CCCCCCCCCCOC(=O)C1CCCN(C(=O)c2nn(-c3ccc(C)c(C)c3)c(=O)n(Cc3ccccc3)c2=O)C1. The van der Waals surface area contributed by atoms with E-state index in [4.69, 9.17) is 4.74 Å². The number of piperidine rings is 1. The molecule has 236 valence electrons. The Morgan fingerprint density at radius 2 is 1.61 bits per heavy atom. The molecule has 1 amide bonds. The van der Waals surface area contributed by atoms with Crippen LogP contribution in [0.25, 0.3) is 5.69 Å². The molecule has 2 aromatic carbocycles. The molecule has 0 N–H and O–H groups in total. The van der Waals surface area contributed by atoms with Gasteiger partial charge in [-0.05, 0) is 61.9 Å². The average molecular weight is 603 g/mol. The van der Waals surface area contributed by atoms with E-state index < -0.39 is 23.1 Å². The van der Waals surface area contributed by atoms with Crippen molar-refractivity contribution in [2.24, 2.45) is 5.92 Å². The van der Waals surface area contributed by atoms with Crippen molar-refractivity contribution < 1.29 is 14.3 Å². The molecule has 1 atom stereocenters. The number of nitrogens with zero attached hydrogens (tertiary/aromatic N) is 4. The smallest absolute Gasteiger partial charge is 0.352 e. The van der Waals surface area contributed by atoms with E-state index in [1.165, 1.54) is 37.0 Å². The number of likely N-dealkylation sites (tertiary alicyclic amines) is 1. The minimum absolute atomic E-state index is 0.000158. The molecule has 0 radical (unpaired) electrons. The Morgan fingerprint density at radius 1 is 0.909 bits per heavy atom. The van der Waals surface area contributed by atoms with Gasteiger partial charge in [0.25, 0.3) is 11.5 Å². The summed E-state index contributed by atoms with van der Waals surface area (Å²) >= 11 is 0. The van der Waals surface area contributed by atoms with Crippen LogP contribution in [-0.2, 0) is 16.1 Å². The van der Waals surface area contributed by atoms with Gasteiger partial charge in [-0.2, -0.15) is 9.78 Å². The lowest BCUT2D eigenvalue weighted by Gasteiger charge is -2.31. The van der Waals surface area contributed by atoms with Crippen LogP contribution in [0.1, 0.15) is 98.3 Å². The summed E-state index contributed by atoms with van der Waals surface area (Å²) in [6, 6.07) is 14.6. The maximum absolute atomic E-state index is 13.8. The van der Waals surface area contributed by atoms with Crippen molar-refractivity contribution in [2.45, 2.75) is 91.5 Å². The number of amides is 1. The lowest BCUT2D eigenvalue weighted by Crippen LogP contribution is -2.49. The van der Waals surface area contributed by atoms with E-state index in [2.05, 4.69) is 12.0 Å². The Bertz CT molecular complexity index is 1530. The van der Waals surface area contributed by atoms with Gasteiger partial charge in [0.1, 0.15) is 0 Å². The van der Waals surface area contributed by atoms with Crippen molar-refractivity contribution in [3.8, 4) is 5.69 Å². The molecular weight excluding hydrogens is 556 g/mol. The number of hydrogen-bond donors (Lipinski definition) is 0. The van der Waals surface area contributed by atoms with Gasteiger partial charge in [0.15, 0.2) is 0 Å². The number of esters is 1. The fraction of sp³-hybridized carbons (Fsp3) is 0.514. The molecule has 0 aliphatic carbocycles. The summed E-state index contributed by atoms with van der Waals surface area (Å²) in [6.45, 7) is 7.03. The first-order valence-electron chi connectivity index (χ1n) is 16.1. The van der Waals surface area contributed by atoms with Crippen LogP contribution in [0.5, 0.6) is 0 Å². The van der Waals surface area contributed by atoms with E-state index in [9.17, 15) is 19.2 Å². The van der Waals surface area contributed by atoms with E-state index in [1.807, 2.05) is 56.3 Å². The van der Waals surface area contributed by atoms with Crippen molar-refractivity contribution in [2.75, 3.05) is 19.7 Å². The summed E-state index contributed by atoms with van der Waals surface area (Å²) in [6.07, 6.45) is 10.5. The van der Waals surface area contributed by atoms with Crippen LogP contribution in [0, 0.1) is 19.8 Å². The van der Waals surface area contributed by atoms with Gasteiger partial charge in [0.2, 0.25) is 5.69 Å². The van der Waals surface area contributed by atoms with Crippen LogP contribution in [0.4, 0.5) is 0 Å². The molecule has 2 heterocycles. The van der Waals surface area contributed by atoms with Crippen molar-refractivity contribution in [3.63, 3.8) is 0 Å². The molecule has 9 heteroatoms. The van der Waals surface area contributed by atoms with Crippen LogP contribution in [-0.4, -0.2) is 50.8 Å². The van der Waals surface area contributed by atoms with Crippen molar-refractivity contribution >= 4 is 11.9 Å². The quantitative estimate of drug-likeness (QED) is 0.176. The summed E-state index contributed by atoms with van der Waals surface area (Å²) in [4.78, 5) is 55.4. The molecule has 1 aliphatic heterocycles. The maximum Gasteiger partial charge on any atom is 0.352 e. The minimum atomic E-state index is -0.747. The molecule has 0 bridgehead atoms. The number of rotatable bonds is 14. The molecule has 1 unspecified atom stereocenters. The van der Waals surface area contributed by atoms with Gasteiger partial charge in [-0.15, -0.1) is 0 Å². The number of hydrogen-bond acceptors (Lipinski definition) is 6. The van der Waals surface area contributed by atoms with E-state index in [0.717, 1.165) is 45.2 Å². The number of aryl methyl sites for hydroxylation is 2. The average Bonchev–Trinajstić information content (AvgIpc) is 3.04. The summed E-state index contributed by atoms with van der Waals surface area (Å²) in [7, 11) is 0. The Labute approximate surface area is 259 Å². The maximum atomic E-state index is 13.8. The molecule has 1 fully saturated rings. The van der Waals surface area contributed by atoms with Gasteiger partial charge in [0, 0.05) is 13.1 Å². The first-order valence-corrected chi connectivity index (χ1v) is 16.1. The number of ether oxygens (including phenoxy) is 1. The van der Waals surface area contributed by atoms with E-state index >= 15 is 0 Å². The van der Waals surface area contributed by atoms with Crippen molar-refractivity contribution in [3.05, 3.63) is 91.8 Å². The lowest BCUT2D eigenvalue weighted by atomic mass is 9.98. The van der Waals surface area contributed by atoms with Gasteiger partial charge in [-0.3, -0.25) is 19.0 Å². The molecule has 9 nitrogen and oxygen atoms in total. The van der Waals surface area contributed by atoms with Crippen LogP contribution >= 0.6 is 0 Å². The highest BCUT2D eigenvalue weighted by Gasteiger charge is 2.32. The normalized spacial score (nSPS) is 14.9. The monoisotopic (exact) mass is 602 g/mol. The minimum Gasteiger partial charge on any atom is -0.465 e. The fourth-order valence-electron chi connectivity index (χ4n) is 5.61. The highest BCUT2D eigenvalue weighted by molar-refractivity contribution is 5.92. The molecule has 1 saturated heterocycles. The number of aromatic nitrogens is 3. The second-order valence-corrected chi connectivity index (χ2v) is 11.9. The predicted molar refractivity (Wildman–Crippen MR) is 171 cm³/mol. The predicted octanol–water partition coefficient (Wildman–Crippen LogP) is 5.60. The molecule has 4 rings (SSSR count). The highest BCUT2D eigenvalue weighted by atomic mass is 16.5. The van der Waals surface area contributed by atoms with Gasteiger partial charge < -0.3 is 9.64 Å². The van der Waals surface area contributed by atoms with Gasteiger partial charge in [-0.1, -0.05) is 88.3 Å². The highest BCUT2D eigenvalue weighted by Crippen LogP contribution is 2.20. The first-order chi connectivity index (χ1) is 21.3. The van der Waals surface area contributed by atoms with Gasteiger partial charge in [-0.25, -0.2) is 4.79 Å². The molecule has 3 aromatic rings. The Hall–Kier alpha value is -4.01. The molecule has 0 spiro atoms. The molecule has 44 heavy (non-hydrogen) atoms. The second-order valence-electron chi connectivity index (χ2n) is 11.9. The summed E-state index contributed by atoms with van der Waals surface area (Å²) in [5, 5.41) is 4.33. The van der Waals surface area contributed by atoms with Crippen LogP contribution < -0.4 is 11.2 Å². The third kappa shape index (κ3) is 8.55. The Kier molecular flexibility index (Phi) is 12.1. The van der Waals surface area contributed by atoms with E-state index in [1.54, 1.807) is 6.07 Å². The van der Waals surface area contributed by atoms with E-state index in [-0.39, 0.29) is 24.8 Å². The molecular formula is C35H46N4O5. The van der Waals surface area contributed by atoms with Gasteiger partial charge in [0.05, 0.1) is 24.8 Å². The third-order valence-corrected chi connectivity index (χ3v) is 8.47. The Morgan fingerprint density at radius 3 is 2.32 bits per heavy atom. The Balaban J connectivity index is 1.49. The first kappa shape index (κ1) is 32.9. The number of carbonyl (C=O) groups excluding carboxylic acids is 2. The summed E-state index contributed by atoms with van der Waals surface area (Å²) in [5.41, 5.74) is 1.50. The van der Waals surface area contributed by atoms with Crippen molar-refractivity contribution in [1.29, 1.82) is 0 Å². The zero-order valence-corrected chi connectivity index (χ0v) is 26.4. The topological polar surface area (TPSA) is 104 Å². The number of benzene rings is 2.